The standard InChI is InChI=1S/C19H23N3OS/c1-23-18-12-11-14-7-5-6-10-16(14)17(18)13-20-22-19(24)21-15-8-3-2-4-9-15/h5-7,10-13,15H,2-4,8-9H2,1H3,(H2,21,22,24)/b20-13+. The molecule has 3 rings (SSSR count). The van der Waals surface area contributed by atoms with E-state index in [1.165, 1.54) is 32.1 Å². The first-order chi connectivity index (χ1) is 11.8. The molecule has 0 bridgehead atoms. The van der Waals surface area contributed by atoms with Gasteiger partial charge in [-0.15, -0.1) is 0 Å². The summed E-state index contributed by atoms with van der Waals surface area (Å²) < 4.78 is 5.46. The van der Waals surface area contributed by atoms with Gasteiger partial charge >= 0.3 is 0 Å². The zero-order valence-corrected chi connectivity index (χ0v) is 14.7. The van der Waals surface area contributed by atoms with Gasteiger partial charge in [0.2, 0.25) is 0 Å². The van der Waals surface area contributed by atoms with E-state index in [4.69, 9.17) is 17.0 Å². The number of nitrogens with one attached hydrogen (secondary N) is 2. The molecule has 0 aromatic heterocycles. The predicted octanol–water partition coefficient (Wildman–Crippen LogP) is 3.98. The maximum absolute atomic E-state index is 5.46. The zero-order valence-electron chi connectivity index (χ0n) is 13.9. The molecular formula is C19H23N3OS. The SMILES string of the molecule is COc1ccc2ccccc2c1/C=N/NC(=S)NC1CCCCC1. The quantitative estimate of drug-likeness (QED) is 0.502. The smallest absolute Gasteiger partial charge is 0.187 e. The summed E-state index contributed by atoms with van der Waals surface area (Å²) in [5.41, 5.74) is 3.88. The monoisotopic (exact) mass is 341 g/mol. The summed E-state index contributed by atoms with van der Waals surface area (Å²) in [5.74, 6) is 0.797. The van der Waals surface area contributed by atoms with E-state index in [0.717, 1.165) is 22.1 Å². The van der Waals surface area contributed by atoms with Crippen molar-refractivity contribution >= 4 is 34.3 Å². The molecule has 2 N–H and O–H groups in total. The lowest BCUT2D eigenvalue weighted by molar-refractivity contribution is 0.412. The first kappa shape index (κ1) is 16.7. The van der Waals surface area contributed by atoms with Crippen LogP contribution in [0.15, 0.2) is 41.5 Å². The van der Waals surface area contributed by atoms with Crippen molar-refractivity contribution in [3.05, 3.63) is 42.0 Å². The van der Waals surface area contributed by atoms with Crippen LogP contribution in [0, 0.1) is 0 Å². The van der Waals surface area contributed by atoms with Gasteiger partial charge in [-0.3, -0.25) is 5.43 Å². The number of methoxy groups -OCH3 is 1. The minimum atomic E-state index is 0.473. The fraction of sp³-hybridized carbons (Fsp3) is 0.368. The first-order valence-electron chi connectivity index (χ1n) is 8.43. The third-order valence-corrected chi connectivity index (χ3v) is 4.66. The second kappa shape index (κ2) is 8.11. The topological polar surface area (TPSA) is 45.6 Å². The second-order valence-electron chi connectivity index (χ2n) is 6.08. The van der Waals surface area contributed by atoms with Crippen LogP contribution in [-0.2, 0) is 0 Å². The van der Waals surface area contributed by atoms with E-state index in [9.17, 15) is 0 Å². The van der Waals surface area contributed by atoms with Crippen molar-refractivity contribution in [1.29, 1.82) is 0 Å². The van der Waals surface area contributed by atoms with Crippen molar-refractivity contribution in [2.75, 3.05) is 7.11 Å². The van der Waals surface area contributed by atoms with Crippen LogP contribution in [0.4, 0.5) is 0 Å². The van der Waals surface area contributed by atoms with Crippen molar-refractivity contribution in [1.82, 2.24) is 10.7 Å². The van der Waals surface area contributed by atoms with Gasteiger partial charge in [-0.05, 0) is 41.9 Å². The van der Waals surface area contributed by atoms with Crippen LogP contribution in [0.2, 0.25) is 0 Å². The fourth-order valence-corrected chi connectivity index (χ4v) is 3.43. The largest absolute Gasteiger partial charge is 0.496 e. The Labute approximate surface area is 148 Å². The number of hydrogen-bond donors (Lipinski definition) is 2. The molecule has 126 valence electrons. The van der Waals surface area contributed by atoms with E-state index in [2.05, 4.69) is 28.0 Å². The molecule has 0 heterocycles. The van der Waals surface area contributed by atoms with Crippen LogP contribution < -0.4 is 15.5 Å². The average Bonchev–Trinajstić information content (AvgIpc) is 2.62. The second-order valence-corrected chi connectivity index (χ2v) is 6.49. The van der Waals surface area contributed by atoms with Gasteiger partial charge in [-0.1, -0.05) is 49.6 Å². The Balaban J connectivity index is 1.69. The summed E-state index contributed by atoms with van der Waals surface area (Å²) >= 11 is 5.34. The molecular weight excluding hydrogens is 318 g/mol. The fourth-order valence-electron chi connectivity index (χ4n) is 3.21. The maximum atomic E-state index is 5.46. The van der Waals surface area contributed by atoms with Crippen LogP contribution in [0.25, 0.3) is 10.8 Å². The van der Waals surface area contributed by atoms with Crippen LogP contribution in [0.5, 0.6) is 5.75 Å². The van der Waals surface area contributed by atoms with Gasteiger partial charge in [-0.25, -0.2) is 0 Å². The molecule has 1 fully saturated rings. The third kappa shape index (κ3) is 4.03. The van der Waals surface area contributed by atoms with Gasteiger partial charge in [0, 0.05) is 11.6 Å². The molecule has 0 atom stereocenters. The van der Waals surface area contributed by atoms with Gasteiger partial charge in [-0.2, -0.15) is 5.10 Å². The Morgan fingerprint density at radius 3 is 2.75 bits per heavy atom. The molecule has 24 heavy (non-hydrogen) atoms. The Morgan fingerprint density at radius 2 is 1.96 bits per heavy atom. The predicted molar refractivity (Wildman–Crippen MR) is 104 cm³/mol. The number of hydrazone groups is 1. The summed E-state index contributed by atoms with van der Waals surface area (Å²) in [6.45, 7) is 0. The molecule has 5 heteroatoms. The van der Waals surface area contributed by atoms with Gasteiger partial charge in [0.25, 0.3) is 0 Å². The van der Waals surface area contributed by atoms with Gasteiger partial charge < -0.3 is 10.1 Å². The lowest BCUT2D eigenvalue weighted by Crippen LogP contribution is -2.40. The zero-order chi connectivity index (χ0) is 16.8. The minimum absolute atomic E-state index is 0.473. The van der Waals surface area contributed by atoms with E-state index in [-0.39, 0.29) is 0 Å². The molecule has 0 unspecified atom stereocenters. The normalized spacial score (nSPS) is 15.5. The van der Waals surface area contributed by atoms with Gasteiger partial charge in [0.15, 0.2) is 5.11 Å². The van der Waals surface area contributed by atoms with E-state index >= 15 is 0 Å². The van der Waals surface area contributed by atoms with Gasteiger partial charge in [0.05, 0.1) is 13.3 Å². The Bertz CT molecular complexity index is 738. The average molecular weight is 341 g/mol. The number of ether oxygens (including phenoxy) is 1. The summed E-state index contributed by atoms with van der Waals surface area (Å²) in [4.78, 5) is 0. The number of fused-ring (bicyclic) bond motifs is 1. The van der Waals surface area contributed by atoms with E-state index in [1.54, 1.807) is 13.3 Å². The van der Waals surface area contributed by atoms with Crippen molar-refractivity contribution < 1.29 is 4.74 Å². The van der Waals surface area contributed by atoms with Crippen molar-refractivity contribution in [2.24, 2.45) is 5.10 Å². The van der Waals surface area contributed by atoms with Crippen molar-refractivity contribution in [3.63, 3.8) is 0 Å². The highest BCUT2D eigenvalue weighted by molar-refractivity contribution is 7.80. The molecule has 2 aromatic rings. The maximum Gasteiger partial charge on any atom is 0.187 e. The number of benzene rings is 2. The molecule has 2 aromatic carbocycles. The first-order valence-corrected chi connectivity index (χ1v) is 8.84. The lowest BCUT2D eigenvalue weighted by Gasteiger charge is -2.23. The number of hydrogen-bond acceptors (Lipinski definition) is 3. The number of thiocarbonyl (C=S) groups is 1. The van der Waals surface area contributed by atoms with Crippen molar-refractivity contribution in [2.45, 2.75) is 38.1 Å². The van der Waals surface area contributed by atoms with Crippen molar-refractivity contribution in [3.8, 4) is 5.75 Å². The molecule has 1 saturated carbocycles. The molecule has 1 aliphatic carbocycles. The molecule has 0 spiro atoms. The molecule has 1 aliphatic rings. The van der Waals surface area contributed by atoms with E-state index in [1.807, 2.05) is 24.3 Å². The molecule has 4 nitrogen and oxygen atoms in total. The third-order valence-electron chi connectivity index (χ3n) is 4.45. The summed E-state index contributed by atoms with van der Waals surface area (Å²) in [6, 6.07) is 12.7. The lowest BCUT2D eigenvalue weighted by atomic mass is 9.96. The van der Waals surface area contributed by atoms with Crippen LogP contribution in [0.1, 0.15) is 37.7 Å². The molecule has 0 saturated heterocycles. The van der Waals surface area contributed by atoms with Crippen LogP contribution in [0.3, 0.4) is 0 Å². The Kier molecular flexibility index (Phi) is 5.64. The summed E-state index contributed by atoms with van der Waals surface area (Å²) in [5, 5.41) is 10.5. The number of rotatable bonds is 4. The highest BCUT2D eigenvalue weighted by Gasteiger charge is 2.13. The number of nitrogens with zero attached hydrogens (tertiary/aromatic N) is 1. The van der Waals surface area contributed by atoms with Crippen LogP contribution >= 0.6 is 12.2 Å². The van der Waals surface area contributed by atoms with Gasteiger partial charge in [0.1, 0.15) is 5.75 Å². The Hall–Kier alpha value is -2.14. The minimum Gasteiger partial charge on any atom is -0.496 e. The molecule has 0 aliphatic heterocycles. The molecule has 0 radical (unpaired) electrons. The highest BCUT2D eigenvalue weighted by Crippen LogP contribution is 2.26. The highest BCUT2D eigenvalue weighted by atomic mass is 32.1. The molecule has 0 amide bonds. The van der Waals surface area contributed by atoms with E-state index < -0.39 is 0 Å². The summed E-state index contributed by atoms with van der Waals surface area (Å²) in [7, 11) is 1.67. The van der Waals surface area contributed by atoms with E-state index in [0.29, 0.717) is 11.2 Å². The Morgan fingerprint density at radius 1 is 1.17 bits per heavy atom. The van der Waals surface area contributed by atoms with Crippen LogP contribution in [-0.4, -0.2) is 24.5 Å². The summed E-state index contributed by atoms with van der Waals surface area (Å²) in [6.07, 6.45) is 8.02.